The smallest absolute Gasteiger partial charge is 0.0462 e. The summed E-state index contributed by atoms with van der Waals surface area (Å²) in [5.74, 6) is 1.06. The SMILES string of the molecule is c1ccc(-c2ccc(N(c3ccc(-c4ccccc4)cc3)c3ccc(-c4ccc(N5c6ccc(-c7ccccc7)cc6C6CC(c7ccccc7)CCC65)cc4)cc3)cc2)cc1. The first kappa shape index (κ1) is 37.6. The van der Waals surface area contributed by atoms with E-state index in [9.17, 15) is 0 Å². The number of hydrogen-bond acceptors (Lipinski definition) is 2. The van der Waals surface area contributed by atoms with Crippen molar-refractivity contribution in [1.29, 1.82) is 0 Å². The predicted octanol–water partition coefficient (Wildman–Crippen LogP) is 16.4. The Labute approximate surface area is 366 Å². The molecule has 1 fully saturated rings. The number of nitrogens with zero attached hydrogens (tertiary/aromatic N) is 2. The van der Waals surface area contributed by atoms with Crippen LogP contribution < -0.4 is 9.80 Å². The molecule has 2 nitrogen and oxygen atoms in total. The molecule has 1 heterocycles. The molecule has 3 unspecified atom stereocenters. The van der Waals surface area contributed by atoms with Crippen LogP contribution in [0.5, 0.6) is 0 Å². The molecule has 2 heteroatoms. The molecule has 3 atom stereocenters. The molecule has 0 N–H and O–H groups in total. The van der Waals surface area contributed by atoms with Crippen molar-refractivity contribution in [2.24, 2.45) is 0 Å². The lowest BCUT2D eigenvalue weighted by Gasteiger charge is -2.37. The lowest BCUT2D eigenvalue weighted by Crippen LogP contribution is -2.34. The maximum absolute atomic E-state index is 2.66. The zero-order valence-corrected chi connectivity index (χ0v) is 34.8. The van der Waals surface area contributed by atoms with Crippen molar-refractivity contribution < 1.29 is 0 Å². The first-order valence-electron chi connectivity index (χ1n) is 22.1. The third-order valence-electron chi connectivity index (χ3n) is 13.3. The van der Waals surface area contributed by atoms with Gasteiger partial charge in [0.05, 0.1) is 0 Å². The Kier molecular flexibility index (Phi) is 10.0. The van der Waals surface area contributed by atoms with Crippen LogP contribution in [0.3, 0.4) is 0 Å². The van der Waals surface area contributed by atoms with Gasteiger partial charge in [0.15, 0.2) is 0 Å². The highest BCUT2D eigenvalue weighted by Crippen LogP contribution is 2.55. The minimum atomic E-state index is 0.440. The van der Waals surface area contributed by atoms with Crippen molar-refractivity contribution in [3.63, 3.8) is 0 Å². The molecule has 298 valence electrons. The quantitative estimate of drug-likeness (QED) is 0.144. The lowest BCUT2D eigenvalue weighted by molar-refractivity contribution is 0.361. The van der Waals surface area contributed by atoms with Crippen LogP contribution in [0, 0.1) is 0 Å². The highest BCUT2D eigenvalue weighted by Gasteiger charge is 2.43. The predicted molar refractivity (Wildman–Crippen MR) is 261 cm³/mol. The molecular weight excluding hydrogens is 749 g/mol. The van der Waals surface area contributed by atoms with Gasteiger partial charge in [-0.2, -0.15) is 0 Å². The molecule has 0 aromatic heterocycles. The average molecular weight is 797 g/mol. The Morgan fingerprint density at radius 3 is 1.21 bits per heavy atom. The Bertz CT molecular complexity index is 2810. The van der Waals surface area contributed by atoms with E-state index in [0.717, 1.165) is 17.1 Å². The van der Waals surface area contributed by atoms with E-state index in [1.165, 1.54) is 86.3 Å². The Morgan fingerprint density at radius 2 is 0.742 bits per heavy atom. The molecule has 9 aromatic rings. The van der Waals surface area contributed by atoms with Gasteiger partial charge in [-0.3, -0.25) is 0 Å². The average Bonchev–Trinajstić information content (AvgIpc) is 3.69. The minimum Gasteiger partial charge on any atom is -0.338 e. The van der Waals surface area contributed by atoms with Gasteiger partial charge >= 0.3 is 0 Å². The molecule has 0 saturated heterocycles. The van der Waals surface area contributed by atoms with E-state index in [4.69, 9.17) is 0 Å². The first-order chi connectivity index (χ1) is 30.7. The molecule has 0 bridgehead atoms. The topological polar surface area (TPSA) is 6.48 Å². The molecule has 2 aliphatic rings. The molecule has 0 amide bonds. The van der Waals surface area contributed by atoms with Crippen LogP contribution in [0.15, 0.2) is 237 Å². The van der Waals surface area contributed by atoms with Crippen LogP contribution >= 0.6 is 0 Å². The normalized spacial score (nSPS) is 16.6. The van der Waals surface area contributed by atoms with E-state index in [2.05, 4.69) is 246 Å². The van der Waals surface area contributed by atoms with Crippen molar-refractivity contribution in [3.8, 4) is 44.5 Å². The number of rotatable bonds is 9. The highest BCUT2D eigenvalue weighted by molar-refractivity contribution is 5.82. The lowest BCUT2D eigenvalue weighted by atomic mass is 9.73. The van der Waals surface area contributed by atoms with Gasteiger partial charge in [0.2, 0.25) is 0 Å². The van der Waals surface area contributed by atoms with Crippen molar-refractivity contribution in [2.75, 3.05) is 9.80 Å². The van der Waals surface area contributed by atoms with Crippen LogP contribution in [0.1, 0.15) is 42.2 Å². The van der Waals surface area contributed by atoms with E-state index >= 15 is 0 Å². The summed E-state index contributed by atoms with van der Waals surface area (Å²) in [6.45, 7) is 0. The molecule has 0 spiro atoms. The van der Waals surface area contributed by atoms with Gasteiger partial charge < -0.3 is 9.80 Å². The Morgan fingerprint density at radius 1 is 0.355 bits per heavy atom. The summed E-state index contributed by atoms with van der Waals surface area (Å²) in [6.07, 6.45) is 3.55. The zero-order valence-electron chi connectivity index (χ0n) is 34.8. The van der Waals surface area contributed by atoms with E-state index in [0.29, 0.717) is 17.9 Å². The van der Waals surface area contributed by atoms with E-state index in [1.54, 1.807) is 0 Å². The van der Waals surface area contributed by atoms with Crippen LogP contribution in [0.2, 0.25) is 0 Å². The summed E-state index contributed by atoms with van der Waals surface area (Å²) >= 11 is 0. The fourth-order valence-electron chi connectivity index (χ4n) is 10.1. The minimum absolute atomic E-state index is 0.440. The zero-order chi connectivity index (χ0) is 41.2. The third kappa shape index (κ3) is 7.28. The van der Waals surface area contributed by atoms with Crippen molar-refractivity contribution in [1.82, 2.24) is 0 Å². The summed E-state index contributed by atoms with van der Waals surface area (Å²) in [4.78, 5) is 5.01. The van der Waals surface area contributed by atoms with Gasteiger partial charge in [0.25, 0.3) is 0 Å². The summed E-state index contributed by atoms with van der Waals surface area (Å²) in [5.41, 5.74) is 18.8. The molecule has 62 heavy (non-hydrogen) atoms. The van der Waals surface area contributed by atoms with Crippen LogP contribution in [-0.4, -0.2) is 6.04 Å². The Hall–Kier alpha value is -7.42. The number of anilines is 5. The van der Waals surface area contributed by atoms with Gasteiger partial charge in [-0.05, 0) is 141 Å². The second kappa shape index (κ2) is 16.6. The van der Waals surface area contributed by atoms with E-state index in [-0.39, 0.29) is 0 Å². The summed E-state index contributed by atoms with van der Waals surface area (Å²) in [5, 5.41) is 0. The van der Waals surface area contributed by atoms with Crippen LogP contribution in [-0.2, 0) is 0 Å². The van der Waals surface area contributed by atoms with Crippen LogP contribution in [0.4, 0.5) is 28.4 Å². The van der Waals surface area contributed by atoms with Gasteiger partial charge in [0.1, 0.15) is 0 Å². The fourth-order valence-corrected chi connectivity index (χ4v) is 10.1. The third-order valence-corrected chi connectivity index (χ3v) is 13.3. The molecule has 1 aliphatic carbocycles. The van der Waals surface area contributed by atoms with Gasteiger partial charge in [-0.1, -0.05) is 176 Å². The molecule has 0 radical (unpaired) electrons. The van der Waals surface area contributed by atoms with E-state index < -0.39 is 0 Å². The first-order valence-corrected chi connectivity index (χ1v) is 22.1. The number of fused-ring (bicyclic) bond motifs is 3. The molecule has 11 rings (SSSR count). The Balaban J connectivity index is 0.893. The van der Waals surface area contributed by atoms with Crippen molar-refractivity contribution in [3.05, 3.63) is 248 Å². The van der Waals surface area contributed by atoms with Crippen molar-refractivity contribution in [2.45, 2.75) is 37.1 Å². The van der Waals surface area contributed by atoms with E-state index in [1.807, 2.05) is 0 Å². The standard InChI is InChI=1S/C60H48N2/c1-5-13-43(14-6-1)47-21-31-53(32-22-47)61(54-33-23-48(24-34-54)44-15-7-2-8-16-44)55-35-25-49(26-36-55)50-27-37-56(38-28-50)62-59-39-29-51(45-17-9-3-10-18-45)41-57(59)58-42-52(30-40-60(58)62)46-19-11-4-12-20-46/h1-29,31-39,41,52,58,60H,30,40,42H2. The number of benzene rings is 9. The maximum Gasteiger partial charge on any atom is 0.0462 e. The monoisotopic (exact) mass is 796 g/mol. The van der Waals surface area contributed by atoms with Crippen molar-refractivity contribution >= 4 is 28.4 Å². The second-order valence-corrected chi connectivity index (χ2v) is 16.9. The van der Waals surface area contributed by atoms with Crippen LogP contribution in [0.25, 0.3) is 44.5 Å². The van der Waals surface area contributed by atoms with Gasteiger partial charge in [-0.15, -0.1) is 0 Å². The molecule has 9 aromatic carbocycles. The molecule has 1 saturated carbocycles. The molecule has 1 aliphatic heterocycles. The fraction of sp³-hybridized carbons (Fsp3) is 0.100. The second-order valence-electron chi connectivity index (χ2n) is 16.9. The largest absolute Gasteiger partial charge is 0.338 e. The molecular formula is C60H48N2. The summed E-state index contributed by atoms with van der Waals surface area (Å²) in [7, 11) is 0. The van der Waals surface area contributed by atoms with Gasteiger partial charge in [-0.25, -0.2) is 0 Å². The maximum atomic E-state index is 2.66. The summed E-state index contributed by atoms with van der Waals surface area (Å²) < 4.78 is 0. The highest BCUT2D eigenvalue weighted by atomic mass is 15.2. The number of hydrogen-bond donors (Lipinski definition) is 0. The summed E-state index contributed by atoms with van der Waals surface area (Å²) in [6, 6.07) is 87.1. The van der Waals surface area contributed by atoms with Gasteiger partial charge in [0, 0.05) is 40.4 Å².